The van der Waals surface area contributed by atoms with Gasteiger partial charge in [-0.15, -0.1) is 0 Å². The summed E-state index contributed by atoms with van der Waals surface area (Å²) in [5.74, 6) is 0.872. The second kappa shape index (κ2) is 5.05. The molecule has 1 amide bonds. The molecule has 0 atom stereocenters. The van der Waals surface area contributed by atoms with E-state index in [1.807, 2.05) is 0 Å². The molecule has 0 spiro atoms. The number of aromatic hydroxyl groups is 1. The normalized spacial score (nSPS) is 16.6. The molecule has 116 valence electrons. The van der Waals surface area contributed by atoms with Crippen molar-refractivity contribution in [1.29, 1.82) is 0 Å². The van der Waals surface area contributed by atoms with E-state index >= 15 is 0 Å². The first kappa shape index (κ1) is 14.4. The minimum Gasteiger partial charge on any atom is -0.504 e. The van der Waals surface area contributed by atoms with Crippen LogP contribution >= 0.6 is 0 Å². The lowest BCUT2D eigenvalue weighted by Gasteiger charge is -2.21. The number of amides is 1. The second-order valence-electron chi connectivity index (χ2n) is 6.32. The third-order valence-electron chi connectivity index (χ3n) is 3.83. The van der Waals surface area contributed by atoms with Gasteiger partial charge in [-0.05, 0) is 30.0 Å². The van der Waals surface area contributed by atoms with Gasteiger partial charge >= 0.3 is 0 Å². The highest BCUT2D eigenvalue weighted by molar-refractivity contribution is 5.94. The number of nitrogens with zero attached hydrogens (tertiary/aromatic N) is 1. The van der Waals surface area contributed by atoms with Crippen LogP contribution in [-0.4, -0.2) is 34.6 Å². The number of ether oxygens (including phenoxy) is 1. The van der Waals surface area contributed by atoms with Crippen LogP contribution < -0.4 is 10.1 Å². The number of phenolic OH excluding ortho intramolecular Hbond substituents is 1. The number of H-pyrrole nitrogens is 1. The minimum atomic E-state index is -0.159. The fraction of sp³-hybridized carbons (Fsp3) is 0.375. The molecular weight excluding hydrogens is 282 g/mol. The first-order valence-electron chi connectivity index (χ1n) is 7.14. The van der Waals surface area contributed by atoms with Crippen molar-refractivity contribution in [3.8, 4) is 22.9 Å². The summed E-state index contributed by atoms with van der Waals surface area (Å²) in [7, 11) is 1.49. The number of carbonyl (C=O) groups is 1. The Balaban J connectivity index is 2.04. The van der Waals surface area contributed by atoms with Gasteiger partial charge in [0.2, 0.25) is 0 Å². The Hall–Kier alpha value is -2.50. The predicted molar refractivity (Wildman–Crippen MR) is 82.1 cm³/mol. The summed E-state index contributed by atoms with van der Waals surface area (Å²) in [6.45, 7) is 4.83. The van der Waals surface area contributed by atoms with Gasteiger partial charge in [0.25, 0.3) is 5.91 Å². The number of hydrogen-bond donors (Lipinski definition) is 3. The Bertz CT molecular complexity index is 734. The third kappa shape index (κ3) is 2.52. The Morgan fingerprint density at radius 2 is 2.14 bits per heavy atom. The molecule has 0 saturated heterocycles. The van der Waals surface area contributed by atoms with Gasteiger partial charge in [-0.3, -0.25) is 4.79 Å². The summed E-state index contributed by atoms with van der Waals surface area (Å²) in [6.07, 6.45) is 0.739. The summed E-state index contributed by atoms with van der Waals surface area (Å²) < 4.78 is 5.11. The molecule has 3 N–H and O–H groups in total. The van der Waals surface area contributed by atoms with Gasteiger partial charge in [0, 0.05) is 17.8 Å². The monoisotopic (exact) mass is 301 g/mol. The number of phenols is 1. The van der Waals surface area contributed by atoms with Crippen molar-refractivity contribution in [3.05, 3.63) is 29.6 Å². The lowest BCUT2D eigenvalue weighted by molar-refractivity contribution is 0.0940. The number of rotatable bonds is 2. The molecule has 1 aliphatic heterocycles. The Kier molecular flexibility index (Phi) is 3.31. The van der Waals surface area contributed by atoms with Crippen molar-refractivity contribution in [2.75, 3.05) is 13.7 Å². The van der Waals surface area contributed by atoms with E-state index in [1.54, 1.807) is 18.2 Å². The van der Waals surface area contributed by atoms with Crippen molar-refractivity contribution in [3.63, 3.8) is 0 Å². The highest BCUT2D eigenvalue weighted by Crippen LogP contribution is 2.32. The smallest absolute Gasteiger partial charge is 0.271 e. The Labute approximate surface area is 128 Å². The third-order valence-corrected chi connectivity index (χ3v) is 3.83. The van der Waals surface area contributed by atoms with E-state index < -0.39 is 0 Å². The van der Waals surface area contributed by atoms with Crippen LogP contribution in [0.1, 0.15) is 30.0 Å². The number of nitrogens with one attached hydrogen (secondary N) is 2. The quantitative estimate of drug-likeness (QED) is 0.792. The van der Waals surface area contributed by atoms with Gasteiger partial charge in [0.05, 0.1) is 7.11 Å². The molecule has 0 aliphatic carbocycles. The maximum absolute atomic E-state index is 12.2. The molecule has 0 saturated carbocycles. The lowest BCUT2D eigenvalue weighted by Crippen LogP contribution is -2.32. The summed E-state index contributed by atoms with van der Waals surface area (Å²) in [6, 6.07) is 4.97. The van der Waals surface area contributed by atoms with Crippen LogP contribution in [0.25, 0.3) is 11.4 Å². The summed E-state index contributed by atoms with van der Waals surface area (Å²) >= 11 is 0. The topological polar surface area (TPSA) is 87.2 Å². The fourth-order valence-electron chi connectivity index (χ4n) is 2.63. The van der Waals surface area contributed by atoms with Crippen molar-refractivity contribution in [2.24, 2.45) is 5.41 Å². The average molecular weight is 301 g/mol. The molecule has 0 bridgehead atoms. The van der Waals surface area contributed by atoms with Crippen LogP contribution in [0.5, 0.6) is 11.5 Å². The predicted octanol–water partition coefficient (Wildman–Crippen LogP) is 2.10. The highest BCUT2D eigenvalue weighted by atomic mass is 16.5. The van der Waals surface area contributed by atoms with Gasteiger partial charge in [-0.1, -0.05) is 13.8 Å². The number of aromatic amines is 1. The molecule has 3 rings (SSSR count). The summed E-state index contributed by atoms with van der Waals surface area (Å²) in [5, 5.41) is 12.6. The van der Waals surface area contributed by atoms with E-state index in [9.17, 15) is 9.90 Å². The van der Waals surface area contributed by atoms with Gasteiger partial charge in [-0.2, -0.15) is 0 Å². The number of hydrogen-bond acceptors (Lipinski definition) is 4. The van der Waals surface area contributed by atoms with E-state index in [0.717, 1.165) is 17.7 Å². The first-order chi connectivity index (χ1) is 10.4. The van der Waals surface area contributed by atoms with Crippen molar-refractivity contribution < 1.29 is 14.6 Å². The number of fused-ring (bicyclic) bond motifs is 1. The van der Waals surface area contributed by atoms with E-state index in [-0.39, 0.29) is 17.1 Å². The van der Waals surface area contributed by atoms with E-state index in [0.29, 0.717) is 23.8 Å². The number of aromatic nitrogens is 2. The molecular formula is C16H19N3O3. The number of carbonyl (C=O) groups excluding carboxylic acids is 1. The van der Waals surface area contributed by atoms with E-state index in [4.69, 9.17) is 4.74 Å². The van der Waals surface area contributed by atoms with Crippen molar-refractivity contribution in [1.82, 2.24) is 15.3 Å². The maximum Gasteiger partial charge on any atom is 0.271 e. The number of imidazole rings is 1. The zero-order valence-electron chi connectivity index (χ0n) is 12.9. The number of methoxy groups -OCH3 is 1. The molecule has 6 nitrogen and oxygen atoms in total. The Morgan fingerprint density at radius 3 is 2.86 bits per heavy atom. The van der Waals surface area contributed by atoms with Crippen LogP contribution in [0, 0.1) is 5.41 Å². The van der Waals surface area contributed by atoms with Gasteiger partial charge in [0.15, 0.2) is 11.5 Å². The van der Waals surface area contributed by atoms with Crippen LogP contribution in [0.3, 0.4) is 0 Å². The van der Waals surface area contributed by atoms with Gasteiger partial charge in [-0.25, -0.2) is 4.98 Å². The molecule has 0 radical (unpaired) electrons. The van der Waals surface area contributed by atoms with Crippen LogP contribution in [0.2, 0.25) is 0 Å². The molecule has 0 unspecified atom stereocenters. The van der Waals surface area contributed by atoms with E-state index in [2.05, 4.69) is 29.1 Å². The van der Waals surface area contributed by atoms with E-state index in [1.165, 1.54) is 7.11 Å². The van der Waals surface area contributed by atoms with Crippen molar-refractivity contribution >= 4 is 5.91 Å². The minimum absolute atomic E-state index is 0.0304. The standard InChI is InChI=1S/C16H19N3O3/c1-16(2)7-10-13(15(21)17-8-16)19-14(18-10)9-4-5-11(20)12(6-9)22-3/h4-6,20H,7-8H2,1-3H3,(H,17,21)(H,18,19). The second-order valence-corrected chi connectivity index (χ2v) is 6.32. The number of benzene rings is 1. The SMILES string of the molecule is COc1cc(-c2nc3c([nH]2)CC(C)(C)CNC3=O)ccc1O. The van der Waals surface area contributed by atoms with Crippen molar-refractivity contribution in [2.45, 2.75) is 20.3 Å². The maximum atomic E-state index is 12.2. The molecule has 2 aromatic rings. The molecule has 2 heterocycles. The lowest BCUT2D eigenvalue weighted by atomic mass is 9.88. The summed E-state index contributed by atoms with van der Waals surface area (Å²) in [5.41, 5.74) is 2.00. The van der Waals surface area contributed by atoms with Crippen LogP contribution in [0.15, 0.2) is 18.2 Å². The summed E-state index contributed by atoms with van der Waals surface area (Å²) in [4.78, 5) is 19.8. The average Bonchev–Trinajstić information content (AvgIpc) is 2.84. The molecule has 1 aliphatic rings. The molecule has 22 heavy (non-hydrogen) atoms. The van der Waals surface area contributed by atoms with Crippen LogP contribution in [-0.2, 0) is 6.42 Å². The fourth-order valence-corrected chi connectivity index (χ4v) is 2.63. The first-order valence-corrected chi connectivity index (χ1v) is 7.14. The largest absolute Gasteiger partial charge is 0.504 e. The zero-order chi connectivity index (χ0) is 15.9. The molecule has 1 aromatic carbocycles. The molecule has 6 heteroatoms. The molecule has 0 fully saturated rings. The highest BCUT2D eigenvalue weighted by Gasteiger charge is 2.30. The molecule has 1 aromatic heterocycles. The van der Waals surface area contributed by atoms with Gasteiger partial charge in [0.1, 0.15) is 11.5 Å². The van der Waals surface area contributed by atoms with Crippen LogP contribution in [0.4, 0.5) is 0 Å². The van der Waals surface area contributed by atoms with Gasteiger partial charge < -0.3 is 20.1 Å². The Morgan fingerprint density at radius 1 is 1.36 bits per heavy atom. The zero-order valence-corrected chi connectivity index (χ0v) is 12.9.